The summed E-state index contributed by atoms with van der Waals surface area (Å²) in [6.07, 6.45) is 0. The van der Waals surface area contributed by atoms with Crippen LogP contribution in [-0.2, 0) is 5.41 Å². The van der Waals surface area contributed by atoms with Gasteiger partial charge in [-0.25, -0.2) is 4.39 Å². The fourth-order valence-corrected chi connectivity index (χ4v) is 2.36. The van der Waals surface area contributed by atoms with Crippen molar-refractivity contribution < 1.29 is 9.18 Å². The van der Waals surface area contributed by atoms with Crippen molar-refractivity contribution in [2.75, 3.05) is 5.32 Å². The average Bonchev–Trinajstić information content (AvgIpc) is 2.41. The zero-order chi connectivity index (χ0) is 15.6. The number of halogens is 2. The Balaban J connectivity index is 2.17. The zero-order valence-corrected chi connectivity index (χ0v) is 14.4. The lowest BCUT2D eigenvalue weighted by atomic mass is 9.87. The van der Waals surface area contributed by atoms with Crippen molar-refractivity contribution >= 4 is 34.2 Å². The molecule has 0 radical (unpaired) electrons. The molecule has 0 aromatic heterocycles. The zero-order valence-electron chi connectivity index (χ0n) is 12.2. The first kappa shape index (κ1) is 15.9. The molecule has 2 aromatic carbocycles. The highest BCUT2D eigenvalue weighted by molar-refractivity contribution is 14.1. The van der Waals surface area contributed by atoms with Gasteiger partial charge in [0, 0.05) is 9.13 Å². The summed E-state index contributed by atoms with van der Waals surface area (Å²) in [5.74, 6) is -0.739. The van der Waals surface area contributed by atoms with Crippen LogP contribution in [0.5, 0.6) is 0 Å². The largest absolute Gasteiger partial charge is 0.319 e. The smallest absolute Gasteiger partial charge is 0.255 e. The number of carbonyl (C=O) groups excluding carboxylic acids is 1. The first-order valence-corrected chi connectivity index (χ1v) is 7.72. The van der Waals surface area contributed by atoms with E-state index in [1.165, 1.54) is 6.07 Å². The van der Waals surface area contributed by atoms with Gasteiger partial charge in [0.1, 0.15) is 5.82 Å². The molecular weight excluding hydrogens is 380 g/mol. The van der Waals surface area contributed by atoms with Crippen molar-refractivity contribution in [1.29, 1.82) is 0 Å². The molecule has 1 amide bonds. The Bertz CT molecular complexity index is 659. The lowest BCUT2D eigenvalue weighted by Crippen LogP contribution is -2.15. The minimum Gasteiger partial charge on any atom is -0.319 e. The maximum atomic E-state index is 13.7. The minimum atomic E-state index is -0.429. The minimum absolute atomic E-state index is 0.0389. The number of amides is 1. The van der Waals surface area contributed by atoms with Gasteiger partial charge in [0.2, 0.25) is 0 Å². The van der Waals surface area contributed by atoms with E-state index in [9.17, 15) is 9.18 Å². The van der Waals surface area contributed by atoms with E-state index in [4.69, 9.17) is 0 Å². The Morgan fingerprint density at radius 1 is 1.10 bits per heavy atom. The molecule has 0 saturated heterocycles. The van der Waals surface area contributed by atoms with Crippen molar-refractivity contribution in [1.82, 2.24) is 0 Å². The monoisotopic (exact) mass is 397 g/mol. The Kier molecular flexibility index (Phi) is 4.66. The Morgan fingerprint density at radius 2 is 1.71 bits per heavy atom. The SMILES string of the molecule is CC(C)(C)c1ccc(C(=O)Nc2ccc(I)cc2F)cc1. The van der Waals surface area contributed by atoms with Gasteiger partial charge in [0.05, 0.1) is 5.69 Å². The van der Waals surface area contributed by atoms with Crippen molar-refractivity contribution in [3.05, 3.63) is 63.0 Å². The van der Waals surface area contributed by atoms with Crippen LogP contribution in [0.25, 0.3) is 0 Å². The number of benzene rings is 2. The molecule has 2 rings (SSSR count). The van der Waals surface area contributed by atoms with E-state index < -0.39 is 5.82 Å². The Morgan fingerprint density at radius 3 is 2.24 bits per heavy atom. The molecule has 21 heavy (non-hydrogen) atoms. The normalized spacial score (nSPS) is 11.3. The van der Waals surface area contributed by atoms with Gasteiger partial charge in [-0.1, -0.05) is 32.9 Å². The maximum Gasteiger partial charge on any atom is 0.255 e. The predicted octanol–water partition coefficient (Wildman–Crippen LogP) is 4.98. The van der Waals surface area contributed by atoms with E-state index in [0.717, 1.165) is 9.13 Å². The second-order valence-corrected chi connectivity index (χ2v) is 7.15. The van der Waals surface area contributed by atoms with E-state index >= 15 is 0 Å². The van der Waals surface area contributed by atoms with Crippen LogP contribution in [0.3, 0.4) is 0 Å². The molecule has 0 saturated carbocycles. The number of carbonyl (C=O) groups is 1. The fraction of sp³-hybridized carbons (Fsp3) is 0.235. The average molecular weight is 397 g/mol. The van der Waals surface area contributed by atoms with Crippen LogP contribution in [0.2, 0.25) is 0 Å². The molecule has 4 heteroatoms. The summed E-state index contributed by atoms with van der Waals surface area (Å²) < 4.78 is 14.5. The third kappa shape index (κ3) is 4.03. The molecule has 0 aliphatic carbocycles. The van der Waals surface area contributed by atoms with Crippen LogP contribution in [0.15, 0.2) is 42.5 Å². The van der Waals surface area contributed by atoms with Crippen molar-refractivity contribution in [2.45, 2.75) is 26.2 Å². The number of anilines is 1. The number of hydrogen-bond acceptors (Lipinski definition) is 1. The second-order valence-electron chi connectivity index (χ2n) is 5.91. The van der Waals surface area contributed by atoms with Gasteiger partial charge in [0.25, 0.3) is 5.91 Å². The van der Waals surface area contributed by atoms with Crippen LogP contribution in [0.4, 0.5) is 10.1 Å². The van der Waals surface area contributed by atoms with Crippen molar-refractivity contribution in [3.63, 3.8) is 0 Å². The molecule has 2 nitrogen and oxygen atoms in total. The van der Waals surface area contributed by atoms with Gasteiger partial charge in [-0.05, 0) is 63.9 Å². The molecule has 0 atom stereocenters. The first-order chi connectivity index (χ1) is 9.77. The van der Waals surface area contributed by atoms with Gasteiger partial charge >= 0.3 is 0 Å². The van der Waals surface area contributed by atoms with Crippen LogP contribution in [-0.4, -0.2) is 5.91 Å². The highest BCUT2D eigenvalue weighted by Gasteiger charge is 2.15. The molecule has 0 unspecified atom stereocenters. The van der Waals surface area contributed by atoms with Crippen LogP contribution in [0.1, 0.15) is 36.7 Å². The highest BCUT2D eigenvalue weighted by atomic mass is 127. The molecule has 0 fully saturated rings. The van der Waals surface area contributed by atoms with Crippen LogP contribution in [0, 0.1) is 9.39 Å². The van der Waals surface area contributed by atoms with Crippen LogP contribution < -0.4 is 5.32 Å². The molecule has 0 spiro atoms. The van der Waals surface area contributed by atoms with Gasteiger partial charge in [0.15, 0.2) is 0 Å². The quantitative estimate of drug-likeness (QED) is 0.712. The first-order valence-electron chi connectivity index (χ1n) is 6.64. The Hall–Kier alpha value is -1.43. The molecule has 0 bridgehead atoms. The summed E-state index contributed by atoms with van der Waals surface area (Å²) >= 11 is 2.03. The molecule has 110 valence electrons. The molecular formula is C17H17FINO. The van der Waals surface area contributed by atoms with Gasteiger partial charge in [-0.2, -0.15) is 0 Å². The summed E-state index contributed by atoms with van der Waals surface area (Å²) in [5.41, 5.74) is 1.90. The van der Waals surface area contributed by atoms with E-state index in [1.807, 2.05) is 34.7 Å². The molecule has 0 aliphatic heterocycles. The topological polar surface area (TPSA) is 29.1 Å². The number of hydrogen-bond donors (Lipinski definition) is 1. The third-order valence-corrected chi connectivity index (χ3v) is 3.86. The third-order valence-electron chi connectivity index (χ3n) is 3.19. The number of rotatable bonds is 2. The van der Waals surface area contributed by atoms with E-state index in [2.05, 4.69) is 26.1 Å². The lowest BCUT2D eigenvalue weighted by molar-refractivity contribution is 0.102. The summed E-state index contributed by atoms with van der Waals surface area (Å²) in [7, 11) is 0. The van der Waals surface area contributed by atoms with Crippen LogP contribution >= 0.6 is 22.6 Å². The maximum absolute atomic E-state index is 13.7. The van der Waals surface area contributed by atoms with Gasteiger partial charge in [-0.15, -0.1) is 0 Å². The van der Waals surface area contributed by atoms with E-state index in [0.29, 0.717) is 5.56 Å². The van der Waals surface area contributed by atoms with Crippen molar-refractivity contribution in [3.8, 4) is 0 Å². The second kappa shape index (κ2) is 6.13. The van der Waals surface area contributed by atoms with E-state index in [1.54, 1.807) is 24.3 Å². The number of nitrogens with one attached hydrogen (secondary N) is 1. The Labute approximate surface area is 137 Å². The summed E-state index contributed by atoms with van der Waals surface area (Å²) in [6, 6.07) is 12.1. The van der Waals surface area contributed by atoms with Gasteiger partial charge in [-0.3, -0.25) is 4.79 Å². The van der Waals surface area contributed by atoms with Crippen molar-refractivity contribution in [2.24, 2.45) is 0 Å². The molecule has 0 heterocycles. The molecule has 2 aromatic rings. The summed E-state index contributed by atoms with van der Waals surface area (Å²) in [5, 5.41) is 2.59. The predicted molar refractivity (Wildman–Crippen MR) is 92.2 cm³/mol. The molecule has 1 N–H and O–H groups in total. The highest BCUT2D eigenvalue weighted by Crippen LogP contribution is 2.23. The molecule has 0 aliphatic rings. The summed E-state index contributed by atoms with van der Waals surface area (Å²) in [4.78, 5) is 12.1. The van der Waals surface area contributed by atoms with E-state index in [-0.39, 0.29) is 17.0 Å². The lowest BCUT2D eigenvalue weighted by Gasteiger charge is -2.19. The van der Waals surface area contributed by atoms with Gasteiger partial charge < -0.3 is 5.32 Å². The fourth-order valence-electron chi connectivity index (χ4n) is 1.91. The standard InChI is InChI=1S/C17H17FINO/c1-17(2,3)12-6-4-11(5-7-12)16(21)20-15-9-8-13(19)10-14(15)18/h4-10H,1-3H3,(H,20,21). The summed E-state index contributed by atoms with van der Waals surface area (Å²) in [6.45, 7) is 6.34.